The fraction of sp³-hybridized carbons (Fsp3) is 0.429. The Morgan fingerprint density at radius 2 is 1.93 bits per heavy atom. The zero-order valence-corrected chi connectivity index (χ0v) is 18.1. The zero-order chi connectivity index (χ0) is 18.1. The van der Waals surface area contributed by atoms with Crippen LogP contribution in [0.1, 0.15) is 24.2 Å². The first-order valence-electron chi connectivity index (χ1n) is 9.25. The predicted molar refractivity (Wildman–Crippen MR) is 118 cm³/mol. The van der Waals surface area contributed by atoms with Crippen LogP contribution in [-0.2, 0) is 11.2 Å². The van der Waals surface area contributed by atoms with Gasteiger partial charge in [0, 0.05) is 42.3 Å². The summed E-state index contributed by atoms with van der Waals surface area (Å²) in [7, 11) is 0. The van der Waals surface area contributed by atoms with Crippen molar-refractivity contribution in [3.63, 3.8) is 0 Å². The summed E-state index contributed by atoms with van der Waals surface area (Å²) in [6.07, 6.45) is 0.987. The summed E-state index contributed by atoms with van der Waals surface area (Å²) < 4.78 is 19.4. The third kappa shape index (κ3) is 4.92. The first-order chi connectivity index (χ1) is 12.6. The van der Waals surface area contributed by atoms with Crippen LogP contribution in [0.3, 0.4) is 0 Å². The minimum atomic E-state index is -0.195. The molecule has 0 amide bonds. The van der Waals surface area contributed by atoms with Gasteiger partial charge in [-0.2, -0.15) is 0 Å². The molecule has 154 valence electrons. The lowest BCUT2D eigenvalue weighted by Crippen LogP contribution is -2.54. The van der Waals surface area contributed by atoms with E-state index in [2.05, 4.69) is 29.3 Å². The molecule has 4 rings (SSSR count). The summed E-state index contributed by atoms with van der Waals surface area (Å²) in [4.78, 5) is 2.32. The molecule has 2 heterocycles. The average Bonchev–Trinajstić information content (AvgIpc) is 2.67. The van der Waals surface area contributed by atoms with Crippen LogP contribution in [-0.4, -0.2) is 32.3 Å². The summed E-state index contributed by atoms with van der Waals surface area (Å²) >= 11 is 6.16. The Morgan fingerprint density at radius 3 is 2.68 bits per heavy atom. The van der Waals surface area contributed by atoms with Gasteiger partial charge in [-0.1, -0.05) is 24.6 Å². The molecule has 0 spiro atoms. The topological polar surface area (TPSA) is 24.5 Å². The Balaban J connectivity index is 0.00000140. The largest absolute Gasteiger partial charge is 0.373 e. The van der Waals surface area contributed by atoms with Crippen molar-refractivity contribution < 1.29 is 9.13 Å². The van der Waals surface area contributed by atoms with Gasteiger partial charge in [-0.15, -0.1) is 24.8 Å². The lowest BCUT2D eigenvalue weighted by molar-refractivity contribution is -0.00538. The molecule has 28 heavy (non-hydrogen) atoms. The van der Waals surface area contributed by atoms with E-state index in [1.807, 2.05) is 18.2 Å². The zero-order valence-electron chi connectivity index (χ0n) is 15.7. The summed E-state index contributed by atoms with van der Waals surface area (Å²) in [6.45, 7) is 5.70. The highest BCUT2D eigenvalue weighted by Crippen LogP contribution is 2.36. The van der Waals surface area contributed by atoms with Gasteiger partial charge in [0.2, 0.25) is 0 Å². The fourth-order valence-corrected chi connectivity index (χ4v) is 4.31. The number of hydrogen-bond donors (Lipinski definition) is 1. The Labute approximate surface area is 183 Å². The molecule has 2 aromatic carbocycles. The molecule has 2 aliphatic rings. The molecule has 3 unspecified atom stereocenters. The van der Waals surface area contributed by atoms with Gasteiger partial charge >= 0.3 is 0 Å². The molecule has 3 atom stereocenters. The molecular formula is C21H26Cl3FN2O. The van der Waals surface area contributed by atoms with E-state index in [-0.39, 0.29) is 36.7 Å². The van der Waals surface area contributed by atoms with E-state index in [1.165, 1.54) is 23.3 Å². The third-order valence-corrected chi connectivity index (χ3v) is 5.82. The van der Waals surface area contributed by atoms with E-state index in [4.69, 9.17) is 16.3 Å². The van der Waals surface area contributed by atoms with E-state index >= 15 is 0 Å². The molecule has 1 N–H and O–H groups in total. The second-order valence-electron chi connectivity index (χ2n) is 7.23. The Morgan fingerprint density at radius 1 is 1.18 bits per heavy atom. The van der Waals surface area contributed by atoms with E-state index in [1.54, 1.807) is 0 Å². The average molecular weight is 448 g/mol. The molecule has 1 fully saturated rings. The Bertz CT molecular complexity index is 775. The van der Waals surface area contributed by atoms with Crippen LogP contribution >= 0.6 is 36.4 Å². The highest BCUT2D eigenvalue weighted by atomic mass is 35.5. The monoisotopic (exact) mass is 446 g/mol. The molecule has 0 radical (unpaired) electrons. The minimum absolute atomic E-state index is 0. The van der Waals surface area contributed by atoms with Gasteiger partial charge in [-0.25, -0.2) is 4.39 Å². The number of hydrogen-bond acceptors (Lipinski definition) is 3. The van der Waals surface area contributed by atoms with Gasteiger partial charge in [-0.05, 0) is 53.9 Å². The number of halogens is 4. The molecule has 1 saturated heterocycles. The number of rotatable bonds is 3. The Kier molecular flexibility index (Phi) is 8.41. The number of piperazine rings is 1. The molecule has 0 bridgehead atoms. The van der Waals surface area contributed by atoms with E-state index < -0.39 is 0 Å². The van der Waals surface area contributed by atoms with E-state index in [0.29, 0.717) is 12.0 Å². The highest BCUT2D eigenvalue weighted by Gasteiger charge is 2.33. The van der Waals surface area contributed by atoms with Crippen molar-refractivity contribution in [2.24, 2.45) is 5.92 Å². The first kappa shape index (κ1) is 23.2. The van der Waals surface area contributed by atoms with E-state index in [0.717, 1.165) is 43.4 Å². The number of anilines is 1. The van der Waals surface area contributed by atoms with Crippen LogP contribution in [0, 0.1) is 11.7 Å². The van der Waals surface area contributed by atoms with Crippen LogP contribution in [0.15, 0.2) is 42.5 Å². The maximum absolute atomic E-state index is 13.2. The number of nitrogens with one attached hydrogen (secondary N) is 1. The van der Waals surface area contributed by atoms with Crippen molar-refractivity contribution in [2.75, 3.05) is 31.1 Å². The van der Waals surface area contributed by atoms with Gasteiger partial charge in [0.05, 0.1) is 12.7 Å². The number of benzene rings is 2. The standard InChI is InChI=1S/C21H24ClFN2O.2ClH/c1-14(21-19-7-2-16(22)12-15(19)8-11-26-21)20-13-25(10-9-24-20)18-5-3-17(23)4-6-18;;/h2-7,12,14,20-21,24H,8-11,13H2,1H3;2*1H. The van der Waals surface area contributed by atoms with Crippen molar-refractivity contribution in [1.29, 1.82) is 0 Å². The van der Waals surface area contributed by atoms with Crippen LogP contribution in [0.25, 0.3) is 0 Å². The van der Waals surface area contributed by atoms with Crippen LogP contribution in [0.2, 0.25) is 5.02 Å². The van der Waals surface area contributed by atoms with Gasteiger partial charge in [0.25, 0.3) is 0 Å². The number of ether oxygens (including phenoxy) is 1. The van der Waals surface area contributed by atoms with Crippen molar-refractivity contribution in [2.45, 2.75) is 25.5 Å². The second kappa shape index (κ2) is 10.1. The quantitative estimate of drug-likeness (QED) is 0.712. The summed E-state index contributed by atoms with van der Waals surface area (Å²) in [6, 6.07) is 13.2. The summed E-state index contributed by atoms with van der Waals surface area (Å²) in [5.41, 5.74) is 3.63. The molecule has 2 aromatic rings. The van der Waals surface area contributed by atoms with Crippen molar-refractivity contribution >= 4 is 42.1 Å². The molecular weight excluding hydrogens is 422 g/mol. The van der Waals surface area contributed by atoms with Crippen LogP contribution in [0.4, 0.5) is 10.1 Å². The van der Waals surface area contributed by atoms with Gasteiger partial charge < -0.3 is 15.0 Å². The highest BCUT2D eigenvalue weighted by molar-refractivity contribution is 6.30. The molecule has 2 aliphatic heterocycles. The fourth-order valence-electron chi connectivity index (χ4n) is 4.12. The van der Waals surface area contributed by atoms with Crippen molar-refractivity contribution in [3.05, 3.63) is 64.4 Å². The molecule has 3 nitrogen and oxygen atoms in total. The SMILES string of the molecule is CC(C1CN(c2ccc(F)cc2)CCN1)C1OCCc2cc(Cl)ccc21.Cl.Cl. The minimum Gasteiger partial charge on any atom is -0.373 e. The number of fused-ring (bicyclic) bond motifs is 1. The summed E-state index contributed by atoms with van der Waals surface area (Å²) in [5, 5.41) is 4.44. The lowest BCUT2D eigenvalue weighted by atomic mass is 9.85. The van der Waals surface area contributed by atoms with Gasteiger partial charge in [0.1, 0.15) is 5.82 Å². The molecule has 0 saturated carbocycles. The molecule has 0 aromatic heterocycles. The first-order valence-corrected chi connectivity index (χ1v) is 9.63. The predicted octanol–water partition coefficient (Wildman–Crippen LogP) is 5.05. The number of nitrogens with zero attached hydrogens (tertiary/aromatic N) is 1. The lowest BCUT2D eigenvalue weighted by Gasteiger charge is -2.41. The second-order valence-corrected chi connectivity index (χ2v) is 7.66. The molecule has 7 heteroatoms. The van der Waals surface area contributed by atoms with E-state index in [9.17, 15) is 4.39 Å². The maximum Gasteiger partial charge on any atom is 0.123 e. The summed E-state index contributed by atoms with van der Waals surface area (Å²) in [5.74, 6) is 0.123. The van der Waals surface area contributed by atoms with Crippen LogP contribution < -0.4 is 10.2 Å². The van der Waals surface area contributed by atoms with Crippen molar-refractivity contribution in [3.8, 4) is 0 Å². The van der Waals surface area contributed by atoms with Gasteiger partial charge in [-0.3, -0.25) is 0 Å². The third-order valence-electron chi connectivity index (χ3n) is 5.59. The smallest absolute Gasteiger partial charge is 0.123 e. The Hall–Kier alpha value is -1.04. The maximum atomic E-state index is 13.2. The van der Waals surface area contributed by atoms with Crippen molar-refractivity contribution in [1.82, 2.24) is 5.32 Å². The normalized spacial score (nSPS) is 22.5. The van der Waals surface area contributed by atoms with Crippen LogP contribution in [0.5, 0.6) is 0 Å². The van der Waals surface area contributed by atoms with Gasteiger partial charge in [0.15, 0.2) is 0 Å². The molecule has 0 aliphatic carbocycles.